The summed E-state index contributed by atoms with van der Waals surface area (Å²) in [6.45, 7) is 3.67. The number of likely N-dealkylation sites (N-methyl/N-ethyl adjacent to an activating group) is 1. The Morgan fingerprint density at radius 2 is 1.76 bits per heavy atom. The number of nitrogens with one attached hydrogen (secondary N) is 2. The van der Waals surface area contributed by atoms with Crippen LogP contribution in [-0.2, 0) is 23.9 Å². The van der Waals surface area contributed by atoms with E-state index in [1.807, 2.05) is 6.92 Å². The van der Waals surface area contributed by atoms with E-state index in [4.69, 9.17) is 15.2 Å². The normalized spacial score (nSPS) is 11.9. The maximum atomic E-state index is 11.5. The number of unbranched alkanes of at least 4 members (excludes halogenated alkanes) is 1. The minimum Gasteiger partial charge on any atom is -0.379 e. The van der Waals surface area contributed by atoms with Crippen molar-refractivity contribution in [2.45, 2.75) is 51.5 Å². The van der Waals surface area contributed by atoms with Gasteiger partial charge in [0.2, 0.25) is 11.8 Å². The number of amides is 2. The van der Waals surface area contributed by atoms with Crippen LogP contribution in [0.1, 0.15) is 45.4 Å². The number of primary amides is 1. The summed E-state index contributed by atoms with van der Waals surface area (Å²) in [5.41, 5.74) is 5.22. The fourth-order valence-electron chi connectivity index (χ4n) is 2.11. The van der Waals surface area contributed by atoms with Crippen molar-refractivity contribution >= 4 is 17.6 Å². The predicted octanol–water partition coefficient (Wildman–Crippen LogP) is 0.139. The molecule has 0 radical (unpaired) electrons. The van der Waals surface area contributed by atoms with E-state index < -0.39 is 0 Å². The van der Waals surface area contributed by atoms with Gasteiger partial charge in [0.05, 0.1) is 19.3 Å². The molecular weight excluding hydrogens is 326 g/mol. The fraction of sp³-hybridized carbons (Fsp3) is 0.824. The van der Waals surface area contributed by atoms with E-state index in [0.717, 1.165) is 19.3 Å². The van der Waals surface area contributed by atoms with Crippen LogP contribution in [0.3, 0.4) is 0 Å². The minimum absolute atomic E-state index is 0.00188. The molecule has 0 aliphatic carbocycles. The second-order valence-electron chi connectivity index (χ2n) is 5.75. The Bertz CT molecular complexity index is 390. The lowest BCUT2D eigenvalue weighted by Gasteiger charge is -2.11. The van der Waals surface area contributed by atoms with E-state index in [1.165, 1.54) is 0 Å². The summed E-state index contributed by atoms with van der Waals surface area (Å²) in [4.78, 5) is 33.7. The van der Waals surface area contributed by atoms with Gasteiger partial charge in [-0.1, -0.05) is 6.92 Å². The molecular formula is C17H33N3O5. The third-order valence-corrected chi connectivity index (χ3v) is 3.68. The highest BCUT2D eigenvalue weighted by molar-refractivity contribution is 5.79. The van der Waals surface area contributed by atoms with Gasteiger partial charge in [0.1, 0.15) is 12.4 Å². The number of ether oxygens (including phenoxy) is 2. The van der Waals surface area contributed by atoms with Gasteiger partial charge < -0.3 is 25.8 Å². The first kappa shape index (κ1) is 23.5. The van der Waals surface area contributed by atoms with Crippen LogP contribution in [0, 0.1) is 0 Å². The molecule has 0 aromatic carbocycles. The van der Waals surface area contributed by atoms with Crippen LogP contribution in [0.4, 0.5) is 0 Å². The van der Waals surface area contributed by atoms with Gasteiger partial charge >= 0.3 is 0 Å². The van der Waals surface area contributed by atoms with Crippen molar-refractivity contribution in [2.24, 2.45) is 5.73 Å². The molecule has 0 bridgehead atoms. The summed E-state index contributed by atoms with van der Waals surface area (Å²) in [5.74, 6) is -0.291. The van der Waals surface area contributed by atoms with E-state index in [-0.39, 0.29) is 30.2 Å². The zero-order valence-corrected chi connectivity index (χ0v) is 15.5. The molecule has 25 heavy (non-hydrogen) atoms. The number of rotatable bonds is 17. The third-order valence-electron chi connectivity index (χ3n) is 3.68. The Morgan fingerprint density at radius 3 is 2.40 bits per heavy atom. The largest absolute Gasteiger partial charge is 0.379 e. The van der Waals surface area contributed by atoms with Gasteiger partial charge in [-0.3, -0.25) is 14.4 Å². The van der Waals surface area contributed by atoms with Crippen molar-refractivity contribution in [2.75, 3.05) is 40.0 Å². The van der Waals surface area contributed by atoms with Gasteiger partial charge in [-0.25, -0.2) is 0 Å². The third kappa shape index (κ3) is 14.5. The number of Topliss-reactive ketones (excluding diaryl/α,β-unsaturated/α-hetero) is 1. The molecule has 2 amide bonds. The molecule has 4 N–H and O–H groups in total. The van der Waals surface area contributed by atoms with Crippen molar-refractivity contribution in [1.29, 1.82) is 0 Å². The smallest absolute Gasteiger partial charge is 0.245 e. The van der Waals surface area contributed by atoms with Crippen LogP contribution < -0.4 is 16.4 Å². The molecule has 0 spiro atoms. The van der Waals surface area contributed by atoms with Gasteiger partial charge in [-0.15, -0.1) is 0 Å². The highest BCUT2D eigenvalue weighted by atomic mass is 16.5. The minimum atomic E-state index is -0.362. The van der Waals surface area contributed by atoms with Crippen LogP contribution in [0.25, 0.3) is 0 Å². The molecule has 0 rings (SSSR count). The first-order chi connectivity index (χ1) is 12.0. The van der Waals surface area contributed by atoms with Crippen molar-refractivity contribution in [3.63, 3.8) is 0 Å². The van der Waals surface area contributed by atoms with Crippen molar-refractivity contribution in [1.82, 2.24) is 10.6 Å². The molecule has 1 atom stereocenters. The van der Waals surface area contributed by atoms with E-state index in [2.05, 4.69) is 10.6 Å². The highest BCUT2D eigenvalue weighted by Crippen LogP contribution is 1.99. The van der Waals surface area contributed by atoms with E-state index in [9.17, 15) is 14.4 Å². The molecule has 0 aliphatic heterocycles. The van der Waals surface area contributed by atoms with Gasteiger partial charge in [0.25, 0.3) is 0 Å². The summed E-state index contributed by atoms with van der Waals surface area (Å²) in [6.07, 6.45) is 4.06. The second kappa shape index (κ2) is 16.0. The number of nitrogens with two attached hydrogens (primary N) is 1. The van der Waals surface area contributed by atoms with Crippen LogP contribution >= 0.6 is 0 Å². The SMILES string of the molecule is CCC(=O)CCCOCCOCC(=O)NCCCC[C@H](NC)C(N)=O. The lowest BCUT2D eigenvalue weighted by Crippen LogP contribution is -2.39. The van der Waals surface area contributed by atoms with Crippen LogP contribution in [0.15, 0.2) is 0 Å². The summed E-state index contributed by atoms with van der Waals surface area (Å²) in [5, 5.41) is 5.61. The van der Waals surface area contributed by atoms with E-state index in [0.29, 0.717) is 45.6 Å². The van der Waals surface area contributed by atoms with E-state index in [1.54, 1.807) is 7.05 Å². The summed E-state index contributed by atoms with van der Waals surface area (Å²) < 4.78 is 10.5. The Morgan fingerprint density at radius 1 is 1.04 bits per heavy atom. The Hall–Kier alpha value is -1.51. The number of ketones is 1. The Labute approximate surface area is 150 Å². The highest BCUT2D eigenvalue weighted by Gasteiger charge is 2.11. The quantitative estimate of drug-likeness (QED) is 0.318. The second-order valence-corrected chi connectivity index (χ2v) is 5.75. The summed E-state index contributed by atoms with van der Waals surface area (Å²) in [7, 11) is 1.70. The molecule has 8 nitrogen and oxygen atoms in total. The predicted molar refractivity (Wildman–Crippen MR) is 95.1 cm³/mol. The molecule has 0 heterocycles. The molecule has 0 saturated carbocycles. The zero-order chi connectivity index (χ0) is 18.9. The van der Waals surface area contributed by atoms with Crippen molar-refractivity contribution in [3.05, 3.63) is 0 Å². The lowest BCUT2D eigenvalue weighted by atomic mass is 10.1. The van der Waals surface area contributed by atoms with Crippen molar-refractivity contribution < 1.29 is 23.9 Å². The Balaban J connectivity index is 3.39. The van der Waals surface area contributed by atoms with Crippen LogP contribution in [0.2, 0.25) is 0 Å². The monoisotopic (exact) mass is 359 g/mol. The summed E-state index contributed by atoms with van der Waals surface area (Å²) in [6, 6.07) is -0.320. The van der Waals surface area contributed by atoms with Crippen LogP contribution in [-0.4, -0.2) is 63.7 Å². The molecule has 8 heteroatoms. The molecule has 0 aromatic heterocycles. The topological polar surface area (TPSA) is 120 Å². The first-order valence-electron chi connectivity index (χ1n) is 8.91. The maximum absolute atomic E-state index is 11.5. The van der Waals surface area contributed by atoms with Crippen molar-refractivity contribution in [3.8, 4) is 0 Å². The number of hydrogen-bond donors (Lipinski definition) is 3. The molecule has 0 aromatic rings. The molecule has 0 fully saturated rings. The standard InChI is InChI=1S/C17H33N3O5/c1-3-14(21)7-6-10-24-11-12-25-13-16(22)20-9-5-4-8-15(19-2)17(18)23/h15,19H,3-13H2,1-2H3,(H2,18,23)(H,20,22)/t15-/m0/s1. The van der Waals surface area contributed by atoms with Crippen LogP contribution in [0.5, 0.6) is 0 Å². The van der Waals surface area contributed by atoms with Gasteiger partial charge in [-0.05, 0) is 32.7 Å². The molecule has 146 valence electrons. The van der Waals surface area contributed by atoms with E-state index >= 15 is 0 Å². The number of hydrogen-bond acceptors (Lipinski definition) is 6. The first-order valence-corrected chi connectivity index (χ1v) is 8.91. The maximum Gasteiger partial charge on any atom is 0.245 e. The molecule has 0 saturated heterocycles. The van der Waals surface area contributed by atoms with Gasteiger partial charge in [0.15, 0.2) is 0 Å². The molecule has 0 unspecified atom stereocenters. The molecule has 0 aliphatic rings. The average molecular weight is 359 g/mol. The summed E-state index contributed by atoms with van der Waals surface area (Å²) >= 11 is 0. The Kier molecular flexibility index (Phi) is 15.0. The number of carbonyl (C=O) groups excluding carboxylic acids is 3. The number of carbonyl (C=O) groups is 3. The zero-order valence-electron chi connectivity index (χ0n) is 15.5. The lowest BCUT2D eigenvalue weighted by molar-refractivity contribution is -0.126. The van der Waals surface area contributed by atoms with Gasteiger partial charge in [-0.2, -0.15) is 0 Å². The average Bonchev–Trinajstić information content (AvgIpc) is 2.59. The fourth-order valence-corrected chi connectivity index (χ4v) is 2.11. The van der Waals surface area contributed by atoms with Gasteiger partial charge in [0, 0.05) is 26.0 Å².